The molecule has 30 heavy (non-hydrogen) atoms. The van der Waals surface area contributed by atoms with Gasteiger partial charge in [-0.1, -0.05) is 24.3 Å². The highest BCUT2D eigenvalue weighted by Crippen LogP contribution is 2.24. The third-order valence-electron chi connectivity index (χ3n) is 3.95. The van der Waals surface area contributed by atoms with Crippen LogP contribution in [0.25, 0.3) is 6.08 Å². The number of amides is 1. The molecule has 1 amide bonds. The lowest BCUT2D eigenvalue weighted by Crippen LogP contribution is -2.11. The largest absolute Gasteiger partial charge is 0.490 e. The second-order valence-electron chi connectivity index (χ2n) is 6.46. The number of sulfonamides is 1. The SMILES string of the molecule is CS(=O)(=O)Nc1ccc(/C=C/C(=O)Nc2ccccc2OCCn2ccnc2)cc1. The van der Waals surface area contributed by atoms with E-state index < -0.39 is 10.0 Å². The maximum Gasteiger partial charge on any atom is 0.248 e. The van der Waals surface area contributed by atoms with Gasteiger partial charge in [-0.05, 0) is 35.9 Å². The molecule has 0 aliphatic rings. The van der Waals surface area contributed by atoms with Crippen LogP contribution in [-0.2, 0) is 21.4 Å². The number of nitrogens with zero attached hydrogens (tertiary/aromatic N) is 2. The molecule has 1 aromatic heterocycles. The molecule has 156 valence electrons. The molecule has 3 aromatic rings. The monoisotopic (exact) mass is 426 g/mol. The van der Waals surface area contributed by atoms with E-state index in [1.54, 1.807) is 55.0 Å². The summed E-state index contributed by atoms with van der Waals surface area (Å²) in [5.74, 6) is 0.273. The minimum Gasteiger partial charge on any atom is -0.490 e. The molecule has 0 spiro atoms. The van der Waals surface area contributed by atoms with E-state index in [4.69, 9.17) is 4.74 Å². The van der Waals surface area contributed by atoms with Gasteiger partial charge in [-0.2, -0.15) is 0 Å². The molecule has 2 aromatic carbocycles. The van der Waals surface area contributed by atoms with Gasteiger partial charge < -0.3 is 14.6 Å². The molecular formula is C21H22N4O4S. The van der Waals surface area contributed by atoms with Gasteiger partial charge in [0.2, 0.25) is 15.9 Å². The minimum absolute atomic E-state index is 0.306. The number of ether oxygens (including phenoxy) is 1. The predicted molar refractivity (Wildman–Crippen MR) is 117 cm³/mol. The number of benzene rings is 2. The van der Waals surface area contributed by atoms with Crippen molar-refractivity contribution in [2.24, 2.45) is 0 Å². The van der Waals surface area contributed by atoms with E-state index in [9.17, 15) is 13.2 Å². The summed E-state index contributed by atoms with van der Waals surface area (Å²) >= 11 is 0. The second-order valence-corrected chi connectivity index (χ2v) is 8.21. The standard InChI is InChI=1S/C21H22N4O4S/c1-30(27,28)24-18-9-6-17(7-10-18)8-11-21(26)23-19-4-2-3-5-20(19)29-15-14-25-13-12-22-16-25/h2-13,16,24H,14-15H2,1H3,(H,23,26)/b11-8+. The number of hydrogen-bond acceptors (Lipinski definition) is 5. The zero-order valence-electron chi connectivity index (χ0n) is 16.4. The Hall–Kier alpha value is -3.59. The van der Waals surface area contributed by atoms with Gasteiger partial charge in [0.25, 0.3) is 0 Å². The van der Waals surface area contributed by atoms with Crippen LogP contribution in [0.5, 0.6) is 5.75 Å². The van der Waals surface area contributed by atoms with E-state index in [1.807, 2.05) is 22.9 Å². The minimum atomic E-state index is -3.32. The molecule has 0 aliphatic heterocycles. The summed E-state index contributed by atoms with van der Waals surface area (Å²) in [7, 11) is -3.32. The molecular weight excluding hydrogens is 404 g/mol. The van der Waals surface area contributed by atoms with Gasteiger partial charge in [0.1, 0.15) is 12.4 Å². The lowest BCUT2D eigenvalue weighted by molar-refractivity contribution is -0.111. The first-order valence-corrected chi connectivity index (χ1v) is 11.0. The third kappa shape index (κ3) is 6.78. The van der Waals surface area contributed by atoms with Crippen molar-refractivity contribution in [3.05, 3.63) is 78.9 Å². The van der Waals surface area contributed by atoms with Crippen molar-refractivity contribution >= 4 is 33.4 Å². The van der Waals surface area contributed by atoms with Gasteiger partial charge in [0, 0.05) is 24.2 Å². The van der Waals surface area contributed by atoms with E-state index in [2.05, 4.69) is 15.0 Å². The highest BCUT2D eigenvalue weighted by atomic mass is 32.2. The Morgan fingerprint density at radius 1 is 1.17 bits per heavy atom. The fourth-order valence-electron chi connectivity index (χ4n) is 2.60. The van der Waals surface area contributed by atoms with Crippen LogP contribution in [0.1, 0.15) is 5.56 Å². The summed E-state index contributed by atoms with van der Waals surface area (Å²) in [5, 5.41) is 2.81. The Labute approximate surface area is 175 Å². The number of para-hydroxylation sites is 2. The van der Waals surface area contributed by atoms with Crippen LogP contribution < -0.4 is 14.8 Å². The number of carbonyl (C=O) groups excluding carboxylic acids is 1. The van der Waals surface area contributed by atoms with Gasteiger partial charge in [-0.25, -0.2) is 13.4 Å². The van der Waals surface area contributed by atoms with Crippen molar-refractivity contribution in [2.75, 3.05) is 22.9 Å². The Morgan fingerprint density at radius 2 is 1.93 bits per heavy atom. The summed E-state index contributed by atoms with van der Waals surface area (Å²) < 4.78 is 32.5. The average Bonchev–Trinajstić information content (AvgIpc) is 3.21. The maximum absolute atomic E-state index is 12.3. The van der Waals surface area contributed by atoms with Gasteiger partial charge >= 0.3 is 0 Å². The number of imidazole rings is 1. The Balaban J connectivity index is 1.56. The predicted octanol–water partition coefficient (Wildman–Crippen LogP) is 2.99. The fourth-order valence-corrected chi connectivity index (χ4v) is 3.16. The normalized spacial score (nSPS) is 11.4. The average molecular weight is 426 g/mol. The van der Waals surface area contributed by atoms with Crippen LogP contribution in [0.3, 0.4) is 0 Å². The third-order valence-corrected chi connectivity index (χ3v) is 4.56. The highest BCUT2D eigenvalue weighted by molar-refractivity contribution is 7.92. The summed E-state index contributed by atoms with van der Waals surface area (Å²) in [4.78, 5) is 16.3. The van der Waals surface area contributed by atoms with Crippen molar-refractivity contribution in [3.63, 3.8) is 0 Å². The van der Waals surface area contributed by atoms with Gasteiger partial charge in [0.15, 0.2) is 0 Å². The van der Waals surface area contributed by atoms with Crippen LogP contribution in [0.2, 0.25) is 0 Å². The van der Waals surface area contributed by atoms with Crippen molar-refractivity contribution in [1.82, 2.24) is 9.55 Å². The number of nitrogens with one attached hydrogen (secondary N) is 2. The molecule has 0 unspecified atom stereocenters. The van der Waals surface area contributed by atoms with E-state index in [0.29, 0.717) is 30.3 Å². The second kappa shape index (κ2) is 9.75. The first-order chi connectivity index (χ1) is 14.4. The van der Waals surface area contributed by atoms with E-state index >= 15 is 0 Å². The fraction of sp³-hybridized carbons (Fsp3) is 0.143. The molecule has 3 rings (SSSR count). The molecule has 0 atom stereocenters. The highest BCUT2D eigenvalue weighted by Gasteiger charge is 2.06. The van der Waals surface area contributed by atoms with Crippen LogP contribution in [0.15, 0.2) is 73.3 Å². The molecule has 1 heterocycles. The van der Waals surface area contributed by atoms with Crippen LogP contribution in [0, 0.1) is 0 Å². The Bertz CT molecular complexity index is 1110. The number of hydrogen-bond donors (Lipinski definition) is 2. The lowest BCUT2D eigenvalue weighted by atomic mass is 10.2. The quantitative estimate of drug-likeness (QED) is 0.512. The molecule has 0 aliphatic carbocycles. The van der Waals surface area contributed by atoms with Crippen molar-refractivity contribution in [3.8, 4) is 5.75 Å². The number of rotatable bonds is 9. The molecule has 0 saturated carbocycles. The van der Waals surface area contributed by atoms with Crippen LogP contribution >= 0.6 is 0 Å². The van der Waals surface area contributed by atoms with E-state index in [1.165, 1.54) is 6.08 Å². The number of anilines is 2. The summed E-state index contributed by atoms with van der Waals surface area (Å²) in [6, 6.07) is 13.9. The van der Waals surface area contributed by atoms with E-state index in [-0.39, 0.29) is 5.91 Å². The van der Waals surface area contributed by atoms with Crippen molar-refractivity contribution < 1.29 is 17.9 Å². The first-order valence-electron chi connectivity index (χ1n) is 9.13. The van der Waals surface area contributed by atoms with Gasteiger partial charge in [0.05, 0.1) is 24.8 Å². The molecule has 0 bridgehead atoms. The molecule has 2 N–H and O–H groups in total. The zero-order valence-corrected chi connectivity index (χ0v) is 17.2. The Morgan fingerprint density at radius 3 is 2.63 bits per heavy atom. The van der Waals surface area contributed by atoms with Gasteiger partial charge in [-0.3, -0.25) is 9.52 Å². The molecule has 9 heteroatoms. The number of aromatic nitrogens is 2. The molecule has 8 nitrogen and oxygen atoms in total. The van der Waals surface area contributed by atoms with Crippen LogP contribution in [0.4, 0.5) is 11.4 Å². The summed E-state index contributed by atoms with van der Waals surface area (Å²) in [5.41, 5.74) is 1.79. The van der Waals surface area contributed by atoms with Crippen molar-refractivity contribution in [1.29, 1.82) is 0 Å². The van der Waals surface area contributed by atoms with E-state index in [0.717, 1.165) is 11.8 Å². The Kier molecular flexibility index (Phi) is 6.87. The molecule has 0 saturated heterocycles. The van der Waals surface area contributed by atoms with Crippen molar-refractivity contribution in [2.45, 2.75) is 6.54 Å². The first kappa shape index (κ1) is 21.1. The molecule has 0 radical (unpaired) electrons. The molecule has 0 fully saturated rings. The number of carbonyl (C=O) groups is 1. The van der Waals surface area contributed by atoms with Crippen LogP contribution in [-0.4, -0.2) is 36.7 Å². The summed E-state index contributed by atoms with van der Waals surface area (Å²) in [6.07, 6.45) is 9.40. The van der Waals surface area contributed by atoms with Gasteiger partial charge in [-0.15, -0.1) is 0 Å². The summed E-state index contributed by atoms with van der Waals surface area (Å²) in [6.45, 7) is 1.08. The topological polar surface area (TPSA) is 102 Å². The lowest BCUT2D eigenvalue weighted by Gasteiger charge is -2.12. The smallest absolute Gasteiger partial charge is 0.248 e. The maximum atomic E-state index is 12.3. The zero-order chi connectivity index (χ0) is 21.4.